The molecule has 2 aromatic carbocycles. The SMILES string of the molecule is COc1ccc(OCCC(CO)c2ccccc2F)cc1. The first-order valence-electron chi connectivity index (χ1n) is 6.86. The van der Waals surface area contributed by atoms with Crippen LogP contribution in [0, 0.1) is 5.82 Å². The normalized spacial score (nSPS) is 12.0. The van der Waals surface area contributed by atoms with Crippen molar-refractivity contribution >= 4 is 0 Å². The monoisotopic (exact) mass is 290 g/mol. The highest BCUT2D eigenvalue weighted by Gasteiger charge is 2.14. The fourth-order valence-electron chi connectivity index (χ4n) is 2.14. The first-order chi connectivity index (χ1) is 10.2. The molecule has 2 rings (SSSR count). The minimum Gasteiger partial charge on any atom is -0.497 e. The highest BCUT2D eigenvalue weighted by atomic mass is 19.1. The summed E-state index contributed by atoms with van der Waals surface area (Å²) in [5, 5.41) is 9.43. The van der Waals surface area contributed by atoms with E-state index in [2.05, 4.69) is 0 Å². The number of aliphatic hydroxyl groups is 1. The number of benzene rings is 2. The topological polar surface area (TPSA) is 38.7 Å². The molecule has 0 radical (unpaired) electrons. The van der Waals surface area contributed by atoms with Gasteiger partial charge in [0.05, 0.1) is 20.3 Å². The molecule has 0 saturated heterocycles. The molecular formula is C17H19FO3. The quantitative estimate of drug-likeness (QED) is 0.849. The minimum absolute atomic E-state index is 0.104. The summed E-state index contributed by atoms with van der Waals surface area (Å²) in [5.74, 6) is 0.938. The maximum Gasteiger partial charge on any atom is 0.126 e. The van der Waals surface area contributed by atoms with Gasteiger partial charge in [0.2, 0.25) is 0 Å². The molecule has 0 bridgehead atoms. The molecule has 1 unspecified atom stereocenters. The number of ether oxygens (including phenoxy) is 2. The second kappa shape index (κ2) is 7.64. The van der Waals surface area contributed by atoms with Crippen LogP contribution < -0.4 is 9.47 Å². The number of aliphatic hydroxyl groups excluding tert-OH is 1. The predicted molar refractivity (Wildman–Crippen MR) is 79.3 cm³/mol. The first kappa shape index (κ1) is 15.3. The average Bonchev–Trinajstić information content (AvgIpc) is 2.53. The summed E-state index contributed by atoms with van der Waals surface area (Å²) in [5.41, 5.74) is 0.526. The first-order valence-corrected chi connectivity index (χ1v) is 6.86. The molecular weight excluding hydrogens is 271 g/mol. The van der Waals surface area contributed by atoms with Crippen LogP contribution >= 0.6 is 0 Å². The van der Waals surface area contributed by atoms with Gasteiger partial charge in [-0.3, -0.25) is 0 Å². The number of hydrogen-bond acceptors (Lipinski definition) is 3. The number of halogens is 1. The Morgan fingerprint density at radius 1 is 1.05 bits per heavy atom. The highest BCUT2D eigenvalue weighted by Crippen LogP contribution is 2.23. The van der Waals surface area contributed by atoms with Gasteiger partial charge in [-0.05, 0) is 42.3 Å². The van der Waals surface area contributed by atoms with Crippen molar-refractivity contribution in [2.24, 2.45) is 0 Å². The van der Waals surface area contributed by atoms with Gasteiger partial charge >= 0.3 is 0 Å². The van der Waals surface area contributed by atoms with Crippen molar-refractivity contribution in [3.05, 3.63) is 59.9 Å². The molecule has 0 heterocycles. The summed E-state index contributed by atoms with van der Waals surface area (Å²) < 4.78 is 24.4. The second-order valence-electron chi connectivity index (χ2n) is 4.71. The Kier molecular flexibility index (Phi) is 5.58. The lowest BCUT2D eigenvalue weighted by Crippen LogP contribution is -2.11. The molecule has 4 heteroatoms. The summed E-state index contributed by atoms with van der Waals surface area (Å²) in [4.78, 5) is 0. The van der Waals surface area contributed by atoms with Crippen LogP contribution in [0.4, 0.5) is 4.39 Å². The zero-order valence-electron chi connectivity index (χ0n) is 12.0. The smallest absolute Gasteiger partial charge is 0.126 e. The third kappa shape index (κ3) is 4.20. The Bertz CT molecular complexity index is 554. The van der Waals surface area contributed by atoms with Crippen molar-refractivity contribution < 1.29 is 19.0 Å². The van der Waals surface area contributed by atoms with Gasteiger partial charge in [0.25, 0.3) is 0 Å². The highest BCUT2D eigenvalue weighted by molar-refractivity contribution is 5.31. The Morgan fingerprint density at radius 3 is 2.33 bits per heavy atom. The molecule has 0 amide bonds. The van der Waals surface area contributed by atoms with Gasteiger partial charge in [0.1, 0.15) is 17.3 Å². The van der Waals surface area contributed by atoms with Gasteiger partial charge < -0.3 is 14.6 Å². The van der Waals surface area contributed by atoms with Crippen LogP contribution in [-0.4, -0.2) is 25.4 Å². The molecule has 0 fully saturated rings. The lowest BCUT2D eigenvalue weighted by Gasteiger charge is -2.16. The third-order valence-electron chi connectivity index (χ3n) is 3.36. The summed E-state index contributed by atoms with van der Waals surface area (Å²) in [6.45, 7) is 0.304. The fraction of sp³-hybridized carbons (Fsp3) is 0.294. The van der Waals surface area contributed by atoms with Crippen LogP contribution in [0.5, 0.6) is 11.5 Å². The third-order valence-corrected chi connectivity index (χ3v) is 3.36. The van der Waals surface area contributed by atoms with E-state index >= 15 is 0 Å². The van der Waals surface area contributed by atoms with Gasteiger partial charge in [-0.25, -0.2) is 4.39 Å². The average molecular weight is 290 g/mol. The largest absolute Gasteiger partial charge is 0.497 e. The molecule has 0 saturated carbocycles. The van der Waals surface area contributed by atoms with Crippen molar-refractivity contribution in [2.75, 3.05) is 20.3 Å². The number of hydrogen-bond donors (Lipinski definition) is 1. The van der Waals surface area contributed by atoms with Gasteiger partial charge in [0.15, 0.2) is 0 Å². The molecule has 0 spiro atoms. The van der Waals surface area contributed by atoms with Gasteiger partial charge in [0, 0.05) is 5.92 Å². The molecule has 0 aliphatic rings. The zero-order chi connectivity index (χ0) is 15.1. The molecule has 0 aliphatic heterocycles. The number of methoxy groups -OCH3 is 1. The van der Waals surface area contributed by atoms with Crippen LogP contribution in [0.15, 0.2) is 48.5 Å². The Morgan fingerprint density at radius 2 is 1.71 bits per heavy atom. The molecule has 1 N–H and O–H groups in total. The van der Waals surface area contributed by atoms with Crippen molar-refractivity contribution in [1.82, 2.24) is 0 Å². The summed E-state index contributed by atoms with van der Waals surface area (Å²) in [6.07, 6.45) is 0.545. The molecule has 0 aromatic heterocycles. The fourth-order valence-corrected chi connectivity index (χ4v) is 2.14. The second-order valence-corrected chi connectivity index (χ2v) is 4.71. The summed E-state index contributed by atoms with van der Waals surface area (Å²) in [7, 11) is 1.61. The van der Waals surface area contributed by atoms with Crippen LogP contribution in [0.25, 0.3) is 0 Å². The maximum absolute atomic E-state index is 13.7. The van der Waals surface area contributed by atoms with Crippen LogP contribution in [0.1, 0.15) is 17.9 Å². The molecule has 0 aliphatic carbocycles. The van der Waals surface area contributed by atoms with Crippen LogP contribution in [0.2, 0.25) is 0 Å². The predicted octanol–water partition coefficient (Wildman–Crippen LogP) is 3.38. The van der Waals surface area contributed by atoms with Crippen LogP contribution in [-0.2, 0) is 0 Å². The van der Waals surface area contributed by atoms with E-state index in [1.54, 1.807) is 25.3 Å². The van der Waals surface area contributed by atoms with E-state index in [-0.39, 0.29) is 18.3 Å². The molecule has 21 heavy (non-hydrogen) atoms. The molecule has 2 aromatic rings. The van der Waals surface area contributed by atoms with E-state index < -0.39 is 0 Å². The Balaban J connectivity index is 1.90. The zero-order valence-corrected chi connectivity index (χ0v) is 12.0. The number of rotatable bonds is 7. The maximum atomic E-state index is 13.7. The lowest BCUT2D eigenvalue weighted by atomic mass is 9.96. The Labute approximate surface area is 124 Å². The van der Waals surface area contributed by atoms with Crippen molar-refractivity contribution in [2.45, 2.75) is 12.3 Å². The van der Waals surface area contributed by atoms with E-state index in [1.165, 1.54) is 6.07 Å². The standard InChI is InChI=1S/C17H19FO3/c1-20-14-6-8-15(9-7-14)21-11-10-13(12-19)16-4-2-3-5-17(16)18/h2-9,13,19H,10-12H2,1H3. The van der Waals surface area contributed by atoms with E-state index in [4.69, 9.17) is 9.47 Å². The van der Waals surface area contributed by atoms with E-state index in [0.29, 0.717) is 18.6 Å². The van der Waals surface area contributed by atoms with Gasteiger partial charge in [-0.15, -0.1) is 0 Å². The van der Waals surface area contributed by atoms with E-state index in [9.17, 15) is 9.50 Å². The van der Waals surface area contributed by atoms with Gasteiger partial charge in [-0.2, -0.15) is 0 Å². The Hall–Kier alpha value is -2.07. The van der Waals surface area contributed by atoms with Crippen molar-refractivity contribution in [3.63, 3.8) is 0 Å². The molecule has 1 atom stereocenters. The van der Waals surface area contributed by atoms with Crippen molar-refractivity contribution in [3.8, 4) is 11.5 Å². The molecule has 112 valence electrons. The van der Waals surface area contributed by atoms with E-state index in [1.807, 2.05) is 24.3 Å². The summed E-state index contributed by atoms with van der Waals surface area (Å²) in [6, 6.07) is 13.8. The summed E-state index contributed by atoms with van der Waals surface area (Å²) >= 11 is 0. The van der Waals surface area contributed by atoms with Gasteiger partial charge in [-0.1, -0.05) is 18.2 Å². The minimum atomic E-state index is -0.291. The molecule has 3 nitrogen and oxygen atoms in total. The lowest BCUT2D eigenvalue weighted by molar-refractivity contribution is 0.227. The van der Waals surface area contributed by atoms with Crippen LogP contribution in [0.3, 0.4) is 0 Å². The van der Waals surface area contributed by atoms with Crippen molar-refractivity contribution in [1.29, 1.82) is 0 Å². The van der Waals surface area contributed by atoms with E-state index in [0.717, 1.165) is 11.5 Å².